The molecule has 1 N–H and O–H groups in total. The van der Waals surface area contributed by atoms with Crippen LogP contribution in [0.4, 0.5) is 0 Å². The maximum Gasteiger partial charge on any atom is 0.272 e. The van der Waals surface area contributed by atoms with Crippen LogP contribution in [0.1, 0.15) is 10.4 Å². The van der Waals surface area contributed by atoms with Crippen LogP contribution in [0, 0.1) is 0 Å². The molecule has 0 atom stereocenters. The van der Waals surface area contributed by atoms with Gasteiger partial charge in [0.1, 0.15) is 5.75 Å². The highest BCUT2D eigenvalue weighted by Crippen LogP contribution is 2.12. The fraction of sp³-hybridized carbons (Fsp3) is 0.125. The van der Waals surface area contributed by atoms with Gasteiger partial charge in [-0.1, -0.05) is 28.1 Å². The Balaban J connectivity index is 2.91. The molecule has 14 heavy (non-hydrogen) atoms. The average molecular weight is 279 g/mol. The third-order valence-corrected chi connectivity index (χ3v) is 2.58. The summed E-state index contributed by atoms with van der Waals surface area (Å²) in [5, 5.41) is 0. The first-order valence-corrected chi connectivity index (χ1v) is 6.02. The van der Waals surface area contributed by atoms with Crippen molar-refractivity contribution in [2.45, 2.75) is 0 Å². The number of rotatable bonds is 3. The molecule has 1 aromatic rings. The number of hydrogen-bond donors (Lipinski definition) is 1. The van der Waals surface area contributed by atoms with Gasteiger partial charge in [0.15, 0.2) is 5.78 Å². The summed E-state index contributed by atoms with van der Waals surface area (Å²) in [6.45, 7) is 0. The molecule has 0 spiro atoms. The lowest BCUT2D eigenvalue weighted by atomic mass is 10.2. The number of benzene rings is 1. The SMILES string of the molecule is O=C(CS(=O)(=O)O)c1cccc(Br)c1. The summed E-state index contributed by atoms with van der Waals surface area (Å²) >= 11 is 3.15. The molecule has 0 amide bonds. The van der Waals surface area contributed by atoms with E-state index < -0.39 is 21.7 Å². The van der Waals surface area contributed by atoms with Gasteiger partial charge < -0.3 is 0 Å². The number of hydrogen-bond acceptors (Lipinski definition) is 3. The molecular weight excluding hydrogens is 272 g/mol. The van der Waals surface area contributed by atoms with E-state index in [1.54, 1.807) is 12.1 Å². The minimum atomic E-state index is -4.25. The first-order valence-electron chi connectivity index (χ1n) is 3.62. The number of carbonyl (C=O) groups is 1. The van der Waals surface area contributed by atoms with E-state index in [9.17, 15) is 13.2 Å². The van der Waals surface area contributed by atoms with E-state index in [1.807, 2.05) is 0 Å². The van der Waals surface area contributed by atoms with Gasteiger partial charge in [0.25, 0.3) is 10.1 Å². The first kappa shape index (κ1) is 11.4. The molecule has 0 aliphatic carbocycles. The third kappa shape index (κ3) is 3.57. The maximum absolute atomic E-state index is 11.3. The number of ketones is 1. The topological polar surface area (TPSA) is 71.4 Å². The Bertz CT molecular complexity index is 452. The Morgan fingerprint density at radius 1 is 1.43 bits per heavy atom. The number of carbonyl (C=O) groups excluding carboxylic acids is 1. The van der Waals surface area contributed by atoms with Crippen LogP contribution in [0.15, 0.2) is 28.7 Å². The molecule has 0 aliphatic rings. The largest absolute Gasteiger partial charge is 0.293 e. The predicted molar refractivity (Wildman–Crippen MR) is 54.9 cm³/mol. The Morgan fingerprint density at radius 2 is 2.07 bits per heavy atom. The molecule has 6 heteroatoms. The minimum absolute atomic E-state index is 0.247. The second-order valence-electron chi connectivity index (χ2n) is 2.66. The second kappa shape index (κ2) is 4.20. The molecule has 4 nitrogen and oxygen atoms in total. The number of halogens is 1. The molecule has 0 saturated heterocycles. The van der Waals surface area contributed by atoms with Crippen molar-refractivity contribution in [2.75, 3.05) is 5.75 Å². The molecule has 0 heterocycles. The predicted octanol–water partition coefficient (Wildman–Crippen LogP) is 1.52. The lowest BCUT2D eigenvalue weighted by Gasteiger charge is -1.98. The van der Waals surface area contributed by atoms with Crippen LogP contribution in [-0.2, 0) is 10.1 Å². The molecule has 0 aromatic heterocycles. The van der Waals surface area contributed by atoms with E-state index >= 15 is 0 Å². The molecule has 1 rings (SSSR count). The fourth-order valence-electron chi connectivity index (χ4n) is 0.911. The summed E-state index contributed by atoms with van der Waals surface area (Å²) in [4.78, 5) is 11.3. The summed E-state index contributed by atoms with van der Waals surface area (Å²) in [6, 6.07) is 6.30. The van der Waals surface area contributed by atoms with Crippen LogP contribution in [-0.4, -0.2) is 24.5 Å². The molecule has 0 saturated carbocycles. The summed E-state index contributed by atoms with van der Waals surface area (Å²) in [5.74, 6) is -1.52. The fourth-order valence-corrected chi connectivity index (χ4v) is 1.81. The van der Waals surface area contributed by atoms with Crippen LogP contribution >= 0.6 is 15.9 Å². The van der Waals surface area contributed by atoms with Crippen LogP contribution < -0.4 is 0 Å². The van der Waals surface area contributed by atoms with Gasteiger partial charge in [0, 0.05) is 10.0 Å². The average Bonchev–Trinajstić information content (AvgIpc) is 2.01. The zero-order valence-electron chi connectivity index (χ0n) is 6.97. The van der Waals surface area contributed by atoms with Crippen molar-refractivity contribution < 1.29 is 17.8 Å². The Kier molecular flexibility index (Phi) is 3.41. The van der Waals surface area contributed by atoms with Crippen LogP contribution in [0.2, 0.25) is 0 Å². The van der Waals surface area contributed by atoms with E-state index in [0.29, 0.717) is 4.47 Å². The van der Waals surface area contributed by atoms with Gasteiger partial charge in [-0.3, -0.25) is 9.35 Å². The maximum atomic E-state index is 11.3. The number of Topliss-reactive ketones (excluding diaryl/α,β-unsaturated/α-hetero) is 1. The quantitative estimate of drug-likeness (QED) is 0.672. The molecular formula is C8H7BrO4S. The highest BCUT2D eigenvalue weighted by molar-refractivity contribution is 9.10. The standard InChI is InChI=1S/C8H7BrO4S/c9-7-3-1-2-6(4-7)8(10)5-14(11,12)13/h1-4H,5H2,(H,11,12,13). The van der Waals surface area contributed by atoms with Crippen molar-refractivity contribution in [3.05, 3.63) is 34.3 Å². The molecule has 0 radical (unpaired) electrons. The zero-order valence-corrected chi connectivity index (χ0v) is 9.38. The molecule has 1 aromatic carbocycles. The van der Waals surface area contributed by atoms with Crippen LogP contribution in [0.5, 0.6) is 0 Å². The van der Waals surface area contributed by atoms with Crippen molar-refractivity contribution in [3.8, 4) is 0 Å². The molecule has 0 unspecified atom stereocenters. The van der Waals surface area contributed by atoms with E-state index in [0.717, 1.165) is 0 Å². The highest BCUT2D eigenvalue weighted by Gasteiger charge is 2.14. The molecule has 0 aliphatic heterocycles. The summed E-state index contributed by atoms with van der Waals surface area (Å²) < 4.78 is 30.0. The van der Waals surface area contributed by atoms with Gasteiger partial charge in [0.2, 0.25) is 0 Å². The first-order chi connectivity index (χ1) is 6.38. The van der Waals surface area contributed by atoms with Gasteiger partial charge in [-0.15, -0.1) is 0 Å². The smallest absolute Gasteiger partial charge is 0.272 e. The Morgan fingerprint density at radius 3 is 2.57 bits per heavy atom. The lowest BCUT2D eigenvalue weighted by Crippen LogP contribution is -2.14. The van der Waals surface area contributed by atoms with E-state index in [-0.39, 0.29) is 5.56 Å². The highest BCUT2D eigenvalue weighted by atomic mass is 79.9. The lowest BCUT2D eigenvalue weighted by molar-refractivity contribution is 0.101. The third-order valence-electron chi connectivity index (χ3n) is 1.46. The van der Waals surface area contributed by atoms with Gasteiger partial charge in [-0.05, 0) is 12.1 Å². The van der Waals surface area contributed by atoms with Gasteiger partial charge in [-0.2, -0.15) is 8.42 Å². The Hall–Kier alpha value is -0.720. The molecule has 0 fully saturated rings. The van der Waals surface area contributed by atoms with Gasteiger partial charge >= 0.3 is 0 Å². The summed E-state index contributed by atoms with van der Waals surface area (Å²) in [7, 11) is -4.25. The van der Waals surface area contributed by atoms with E-state index in [1.165, 1.54) is 12.1 Å². The monoisotopic (exact) mass is 278 g/mol. The molecule has 76 valence electrons. The van der Waals surface area contributed by atoms with Crippen molar-refractivity contribution in [1.29, 1.82) is 0 Å². The van der Waals surface area contributed by atoms with Crippen LogP contribution in [0.25, 0.3) is 0 Å². The van der Waals surface area contributed by atoms with Crippen molar-refractivity contribution in [2.24, 2.45) is 0 Å². The van der Waals surface area contributed by atoms with Gasteiger partial charge in [0.05, 0.1) is 0 Å². The zero-order chi connectivity index (χ0) is 10.8. The second-order valence-corrected chi connectivity index (χ2v) is 5.03. The summed E-state index contributed by atoms with van der Waals surface area (Å²) in [6.07, 6.45) is 0. The van der Waals surface area contributed by atoms with Gasteiger partial charge in [-0.25, -0.2) is 0 Å². The van der Waals surface area contributed by atoms with Crippen molar-refractivity contribution in [1.82, 2.24) is 0 Å². The van der Waals surface area contributed by atoms with Crippen molar-refractivity contribution in [3.63, 3.8) is 0 Å². The molecule has 0 bridgehead atoms. The van der Waals surface area contributed by atoms with E-state index in [2.05, 4.69) is 15.9 Å². The van der Waals surface area contributed by atoms with Crippen molar-refractivity contribution >= 4 is 31.8 Å². The Labute approximate surface area is 89.8 Å². The minimum Gasteiger partial charge on any atom is -0.293 e. The normalized spacial score (nSPS) is 11.3. The van der Waals surface area contributed by atoms with E-state index in [4.69, 9.17) is 4.55 Å². The van der Waals surface area contributed by atoms with Crippen LogP contribution in [0.3, 0.4) is 0 Å². The summed E-state index contributed by atoms with van der Waals surface area (Å²) in [5.41, 5.74) is 0.247.